The first-order valence-corrected chi connectivity index (χ1v) is 10.0. The molecule has 2 bridgehead atoms. The summed E-state index contributed by atoms with van der Waals surface area (Å²) in [6.07, 6.45) is 5.73. The van der Waals surface area contributed by atoms with Gasteiger partial charge >= 0.3 is 5.97 Å². The van der Waals surface area contributed by atoms with Crippen LogP contribution in [-0.2, 0) is 30.3 Å². The predicted octanol–water partition coefficient (Wildman–Crippen LogP) is 1.93. The summed E-state index contributed by atoms with van der Waals surface area (Å²) in [5, 5.41) is 2.65. The number of aryl methyl sites for hydroxylation is 1. The van der Waals surface area contributed by atoms with E-state index >= 15 is 0 Å². The van der Waals surface area contributed by atoms with Crippen LogP contribution in [0.2, 0.25) is 0 Å². The first-order chi connectivity index (χ1) is 13.9. The van der Waals surface area contributed by atoms with E-state index in [1.54, 1.807) is 12.1 Å². The lowest BCUT2D eigenvalue weighted by atomic mass is 9.85. The van der Waals surface area contributed by atoms with E-state index in [1.165, 1.54) is 6.92 Å². The summed E-state index contributed by atoms with van der Waals surface area (Å²) >= 11 is 0. The maximum absolute atomic E-state index is 12.7. The molecule has 1 aliphatic heterocycles. The number of hydrogen-bond acceptors (Lipinski definition) is 5. The number of carbonyl (C=O) groups excluding carboxylic acids is 4. The highest BCUT2D eigenvalue weighted by molar-refractivity contribution is 6.09. The number of esters is 1. The lowest BCUT2D eigenvalue weighted by Gasteiger charge is -2.23. The first-order valence-electron chi connectivity index (χ1n) is 10.0. The Kier molecular flexibility index (Phi) is 4.98. The average Bonchev–Trinajstić information content (AvgIpc) is 3.40. The van der Waals surface area contributed by atoms with Crippen LogP contribution in [0, 0.1) is 23.7 Å². The van der Waals surface area contributed by atoms with Crippen molar-refractivity contribution in [1.82, 2.24) is 4.90 Å². The highest BCUT2D eigenvalue weighted by Crippen LogP contribution is 2.52. The van der Waals surface area contributed by atoms with Gasteiger partial charge in [-0.15, -0.1) is 0 Å². The SMILES string of the molecule is CCc1ccc(NC(=O)COC(=O)[C@@H](C)N2C(=O)[C@@H]3[C@H](C2=O)[C@H]2C=C[C@H]3C2)cc1. The summed E-state index contributed by atoms with van der Waals surface area (Å²) in [7, 11) is 0. The number of benzene rings is 1. The monoisotopic (exact) mass is 396 g/mol. The van der Waals surface area contributed by atoms with E-state index in [4.69, 9.17) is 4.74 Å². The third-order valence-electron chi connectivity index (χ3n) is 6.22. The summed E-state index contributed by atoms with van der Waals surface area (Å²) in [6, 6.07) is 6.34. The lowest BCUT2D eigenvalue weighted by Crippen LogP contribution is -2.45. The Hall–Kier alpha value is -2.96. The molecule has 7 heteroatoms. The van der Waals surface area contributed by atoms with Crippen LogP contribution in [0.5, 0.6) is 0 Å². The van der Waals surface area contributed by atoms with Gasteiger partial charge in [0.05, 0.1) is 11.8 Å². The second kappa shape index (κ2) is 7.46. The molecular formula is C22H24N2O5. The van der Waals surface area contributed by atoms with Crippen LogP contribution in [-0.4, -0.2) is 41.2 Å². The molecule has 7 nitrogen and oxygen atoms in total. The molecule has 0 spiro atoms. The molecule has 152 valence electrons. The van der Waals surface area contributed by atoms with Crippen molar-refractivity contribution in [2.75, 3.05) is 11.9 Å². The van der Waals surface area contributed by atoms with Crippen molar-refractivity contribution in [1.29, 1.82) is 0 Å². The van der Waals surface area contributed by atoms with Crippen LogP contribution in [0.3, 0.4) is 0 Å². The highest BCUT2D eigenvalue weighted by atomic mass is 16.5. The van der Waals surface area contributed by atoms with E-state index in [0.29, 0.717) is 5.69 Å². The minimum absolute atomic E-state index is 0.0829. The molecule has 1 aromatic carbocycles. The Morgan fingerprint density at radius 1 is 1.10 bits per heavy atom. The molecule has 1 heterocycles. The molecule has 1 saturated carbocycles. The second-order valence-corrected chi connectivity index (χ2v) is 7.93. The molecule has 4 rings (SSSR count). The standard InChI is InChI=1S/C22H24N2O5/c1-3-13-4-8-16(9-5-13)23-17(25)11-29-22(28)12(2)24-20(26)18-14-6-7-15(10-14)19(18)21(24)27/h4-9,12,14-15,18-19H,3,10-11H2,1-2H3,(H,23,25)/t12-,14+,15+,18-,19+/m1/s1. The number of rotatable bonds is 6. The van der Waals surface area contributed by atoms with E-state index < -0.39 is 24.5 Å². The number of nitrogens with one attached hydrogen (secondary N) is 1. The lowest BCUT2D eigenvalue weighted by molar-refractivity contribution is -0.159. The zero-order valence-electron chi connectivity index (χ0n) is 16.5. The number of fused-ring (bicyclic) bond motifs is 5. The van der Waals surface area contributed by atoms with Gasteiger partial charge in [-0.3, -0.25) is 19.3 Å². The molecule has 3 aliphatic rings. The van der Waals surface area contributed by atoms with Crippen molar-refractivity contribution in [3.63, 3.8) is 0 Å². The molecule has 5 atom stereocenters. The number of allylic oxidation sites excluding steroid dienone is 2. The van der Waals surface area contributed by atoms with Gasteiger partial charge in [0.25, 0.3) is 5.91 Å². The number of nitrogens with zero attached hydrogens (tertiary/aromatic N) is 1. The van der Waals surface area contributed by atoms with Crippen molar-refractivity contribution in [2.45, 2.75) is 32.7 Å². The number of anilines is 1. The van der Waals surface area contributed by atoms with Crippen molar-refractivity contribution >= 4 is 29.4 Å². The van der Waals surface area contributed by atoms with Gasteiger partial charge < -0.3 is 10.1 Å². The fourth-order valence-corrected chi connectivity index (χ4v) is 4.69. The average molecular weight is 396 g/mol. The Labute approximate surface area is 169 Å². The van der Waals surface area contributed by atoms with E-state index in [2.05, 4.69) is 5.32 Å². The number of amides is 3. The molecule has 0 radical (unpaired) electrons. The van der Waals surface area contributed by atoms with Gasteiger partial charge in [0.15, 0.2) is 6.61 Å². The maximum Gasteiger partial charge on any atom is 0.329 e. The summed E-state index contributed by atoms with van der Waals surface area (Å²) < 4.78 is 5.07. The van der Waals surface area contributed by atoms with E-state index in [9.17, 15) is 19.2 Å². The van der Waals surface area contributed by atoms with Gasteiger partial charge in [0, 0.05) is 5.69 Å². The Morgan fingerprint density at radius 3 is 2.24 bits per heavy atom. The van der Waals surface area contributed by atoms with Crippen LogP contribution in [0.25, 0.3) is 0 Å². The number of imide groups is 1. The Bertz CT molecular complexity index is 861. The summed E-state index contributed by atoms with van der Waals surface area (Å²) in [4.78, 5) is 51.0. The van der Waals surface area contributed by atoms with E-state index in [0.717, 1.165) is 23.3 Å². The van der Waals surface area contributed by atoms with Gasteiger partial charge in [-0.05, 0) is 49.3 Å². The molecule has 0 unspecified atom stereocenters. The van der Waals surface area contributed by atoms with Crippen LogP contribution >= 0.6 is 0 Å². The van der Waals surface area contributed by atoms with Gasteiger partial charge in [-0.2, -0.15) is 0 Å². The first kappa shape index (κ1) is 19.4. The van der Waals surface area contributed by atoms with Crippen LogP contribution in [0.4, 0.5) is 5.69 Å². The number of carbonyl (C=O) groups is 4. The Balaban J connectivity index is 1.32. The largest absolute Gasteiger partial charge is 0.454 e. The third-order valence-corrected chi connectivity index (χ3v) is 6.22. The number of likely N-dealkylation sites (tertiary alicyclic amines) is 1. The Morgan fingerprint density at radius 2 is 1.69 bits per heavy atom. The summed E-state index contributed by atoms with van der Waals surface area (Å²) in [5.41, 5.74) is 1.76. The van der Waals surface area contributed by atoms with E-state index in [1.807, 2.05) is 31.2 Å². The van der Waals surface area contributed by atoms with Gasteiger partial charge in [-0.25, -0.2) is 4.79 Å². The van der Waals surface area contributed by atoms with Gasteiger partial charge in [0.2, 0.25) is 11.8 Å². The molecule has 2 aliphatic carbocycles. The topological polar surface area (TPSA) is 92.8 Å². The minimum Gasteiger partial charge on any atom is -0.454 e. The zero-order valence-corrected chi connectivity index (χ0v) is 16.5. The molecule has 1 saturated heterocycles. The fraction of sp³-hybridized carbons (Fsp3) is 0.455. The van der Waals surface area contributed by atoms with E-state index in [-0.39, 0.29) is 35.5 Å². The quantitative estimate of drug-likeness (QED) is 0.451. The number of hydrogen-bond donors (Lipinski definition) is 1. The fourth-order valence-electron chi connectivity index (χ4n) is 4.69. The number of ether oxygens (including phenoxy) is 1. The third kappa shape index (κ3) is 3.34. The molecule has 2 fully saturated rings. The van der Waals surface area contributed by atoms with Crippen molar-refractivity contribution in [3.05, 3.63) is 42.0 Å². The van der Waals surface area contributed by atoms with Gasteiger partial charge in [-0.1, -0.05) is 31.2 Å². The molecule has 0 aromatic heterocycles. The smallest absolute Gasteiger partial charge is 0.329 e. The highest BCUT2D eigenvalue weighted by Gasteiger charge is 2.60. The van der Waals surface area contributed by atoms with Crippen molar-refractivity contribution in [3.8, 4) is 0 Å². The molecule has 3 amide bonds. The van der Waals surface area contributed by atoms with Crippen LogP contribution in [0.15, 0.2) is 36.4 Å². The predicted molar refractivity (Wildman–Crippen MR) is 104 cm³/mol. The molecule has 29 heavy (non-hydrogen) atoms. The zero-order chi connectivity index (χ0) is 20.7. The molecular weight excluding hydrogens is 372 g/mol. The summed E-state index contributed by atoms with van der Waals surface area (Å²) in [5.74, 6) is -2.40. The van der Waals surface area contributed by atoms with Crippen molar-refractivity contribution in [2.24, 2.45) is 23.7 Å². The molecule has 1 aromatic rings. The maximum atomic E-state index is 12.7. The normalized spacial score (nSPS) is 27.9. The van der Waals surface area contributed by atoms with Crippen LogP contribution < -0.4 is 5.32 Å². The second-order valence-electron chi connectivity index (χ2n) is 7.93. The minimum atomic E-state index is -1.04. The van der Waals surface area contributed by atoms with Gasteiger partial charge in [0.1, 0.15) is 6.04 Å². The molecule has 1 N–H and O–H groups in total. The van der Waals surface area contributed by atoms with Crippen molar-refractivity contribution < 1.29 is 23.9 Å². The van der Waals surface area contributed by atoms with Crippen LogP contribution in [0.1, 0.15) is 25.8 Å². The summed E-state index contributed by atoms with van der Waals surface area (Å²) in [6.45, 7) is 3.03.